The molecule has 0 radical (unpaired) electrons. The Labute approximate surface area is 149 Å². The summed E-state index contributed by atoms with van der Waals surface area (Å²) >= 11 is 0. The standard InChI is InChI=1S/C19H28N6/c1-2-21-19(24-18-9-4-3-5-10-18)22-12-16-7-6-8-17(11-16)13-25-15-20-14-23-25/h6-8,11,14-15,18H,2-5,9-10,12-13H2,1H3,(H2,21,22,24). The molecule has 1 aliphatic carbocycles. The largest absolute Gasteiger partial charge is 0.357 e. The first-order valence-corrected chi connectivity index (χ1v) is 9.28. The van der Waals surface area contributed by atoms with Crippen LogP contribution in [-0.2, 0) is 13.1 Å². The summed E-state index contributed by atoms with van der Waals surface area (Å²) in [5, 5.41) is 11.1. The lowest BCUT2D eigenvalue weighted by Crippen LogP contribution is -2.44. The third-order valence-corrected chi connectivity index (χ3v) is 4.51. The second-order valence-corrected chi connectivity index (χ2v) is 6.59. The van der Waals surface area contributed by atoms with Crippen molar-refractivity contribution in [3.05, 3.63) is 48.0 Å². The van der Waals surface area contributed by atoms with Crippen LogP contribution in [0.5, 0.6) is 0 Å². The summed E-state index contributed by atoms with van der Waals surface area (Å²) in [4.78, 5) is 8.77. The zero-order valence-corrected chi connectivity index (χ0v) is 15.0. The molecule has 3 rings (SSSR count). The van der Waals surface area contributed by atoms with Gasteiger partial charge >= 0.3 is 0 Å². The lowest BCUT2D eigenvalue weighted by atomic mass is 9.96. The van der Waals surface area contributed by atoms with Crippen LogP contribution in [0.4, 0.5) is 0 Å². The van der Waals surface area contributed by atoms with Crippen LogP contribution in [0.2, 0.25) is 0 Å². The van der Waals surface area contributed by atoms with Crippen LogP contribution in [-0.4, -0.2) is 33.3 Å². The van der Waals surface area contributed by atoms with Gasteiger partial charge in [0, 0.05) is 12.6 Å². The first-order valence-electron chi connectivity index (χ1n) is 9.28. The number of hydrogen-bond acceptors (Lipinski definition) is 3. The van der Waals surface area contributed by atoms with Crippen LogP contribution in [0.25, 0.3) is 0 Å². The third kappa shape index (κ3) is 5.59. The van der Waals surface area contributed by atoms with E-state index in [0.717, 1.165) is 19.0 Å². The molecule has 0 atom stereocenters. The molecule has 0 saturated heterocycles. The minimum absolute atomic E-state index is 0.560. The fourth-order valence-electron chi connectivity index (χ4n) is 3.26. The quantitative estimate of drug-likeness (QED) is 0.627. The number of hydrogen-bond donors (Lipinski definition) is 2. The summed E-state index contributed by atoms with van der Waals surface area (Å²) in [6.07, 6.45) is 9.80. The molecule has 1 aliphatic rings. The first kappa shape index (κ1) is 17.5. The minimum atomic E-state index is 0.560. The van der Waals surface area contributed by atoms with Gasteiger partial charge in [-0.3, -0.25) is 0 Å². The number of nitrogens with zero attached hydrogens (tertiary/aromatic N) is 4. The summed E-state index contributed by atoms with van der Waals surface area (Å²) in [7, 11) is 0. The van der Waals surface area contributed by atoms with E-state index in [4.69, 9.17) is 4.99 Å². The van der Waals surface area contributed by atoms with Crippen molar-refractivity contribution in [3.63, 3.8) is 0 Å². The molecular formula is C19H28N6. The fraction of sp³-hybridized carbons (Fsp3) is 0.526. The van der Waals surface area contributed by atoms with Crippen LogP contribution in [0.15, 0.2) is 41.9 Å². The summed E-state index contributed by atoms with van der Waals surface area (Å²) in [6, 6.07) is 9.07. The second-order valence-electron chi connectivity index (χ2n) is 6.59. The van der Waals surface area contributed by atoms with Crippen LogP contribution < -0.4 is 10.6 Å². The monoisotopic (exact) mass is 340 g/mol. The Kier molecular flexibility index (Phi) is 6.42. The van der Waals surface area contributed by atoms with E-state index in [1.165, 1.54) is 43.2 Å². The highest BCUT2D eigenvalue weighted by Crippen LogP contribution is 2.17. The average molecular weight is 340 g/mol. The Bertz CT molecular complexity index is 658. The SMILES string of the molecule is CCNC(=NCc1cccc(Cn2cncn2)c1)NC1CCCCC1. The third-order valence-electron chi connectivity index (χ3n) is 4.51. The van der Waals surface area contributed by atoms with Crippen molar-refractivity contribution in [3.8, 4) is 0 Å². The summed E-state index contributed by atoms with van der Waals surface area (Å²) in [5.41, 5.74) is 2.42. The highest BCUT2D eigenvalue weighted by Gasteiger charge is 2.14. The molecule has 0 aliphatic heterocycles. The Morgan fingerprint density at radius 2 is 2.08 bits per heavy atom. The fourth-order valence-corrected chi connectivity index (χ4v) is 3.26. The molecule has 25 heavy (non-hydrogen) atoms. The average Bonchev–Trinajstić information content (AvgIpc) is 3.14. The van der Waals surface area contributed by atoms with Gasteiger partial charge in [-0.15, -0.1) is 0 Å². The maximum absolute atomic E-state index is 4.78. The van der Waals surface area contributed by atoms with E-state index in [0.29, 0.717) is 12.6 Å². The molecule has 1 heterocycles. The van der Waals surface area contributed by atoms with E-state index in [1.54, 1.807) is 12.7 Å². The molecule has 0 bridgehead atoms. The maximum Gasteiger partial charge on any atom is 0.191 e. The molecule has 0 spiro atoms. The number of rotatable bonds is 6. The molecule has 1 aromatic carbocycles. The van der Waals surface area contributed by atoms with Crippen molar-refractivity contribution >= 4 is 5.96 Å². The second kappa shape index (κ2) is 9.20. The van der Waals surface area contributed by atoms with Gasteiger partial charge in [0.25, 0.3) is 0 Å². The summed E-state index contributed by atoms with van der Waals surface area (Å²) in [6.45, 7) is 4.40. The highest BCUT2D eigenvalue weighted by atomic mass is 15.3. The van der Waals surface area contributed by atoms with Gasteiger partial charge in [0.15, 0.2) is 5.96 Å². The first-order chi connectivity index (χ1) is 12.3. The van der Waals surface area contributed by atoms with E-state index in [2.05, 4.69) is 51.9 Å². The van der Waals surface area contributed by atoms with Crippen molar-refractivity contribution in [2.45, 2.75) is 58.2 Å². The zero-order valence-electron chi connectivity index (χ0n) is 15.0. The molecule has 2 aromatic rings. The predicted molar refractivity (Wildman–Crippen MR) is 100 cm³/mol. The molecule has 6 nitrogen and oxygen atoms in total. The number of guanidine groups is 1. The highest BCUT2D eigenvalue weighted by molar-refractivity contribution is 5.80. The summed E-state index contributed by atoms with van der Waals surface area (Å²) in [5.74, 6) is 0.927. The van der Waals surface area contributed by atoms with Crippen molar-refractivity contribution in [1.82, 2.24) is 25.4 Å². The number of nitrogens with one attached hydrogen (secondary N) is 2. The molecule has 0 amide bonds. The number of benzene rings is 1. The van der Waals surface area contributed by atoms with Crippen LogP contribution in [0, 0.1) is 0 Å². The van der Waals surface area contributed by atoms with Crippen LogP contribution in [0.3, 0.4) is 0 Å². The topological polar surface area (TPSA) is 67.1 Å². The predicted octanol–water partition coefficient (Wildman–Crippen LogP) is 2.71. The molecule has 134 valence electrons. The molecule has 6 heteroatoms. The van der Waals surface area contributed by atoms with Crippen molar-refractivity contribution in [1.29, 1.82) is 0 Å². The van der Waals surface area contributed by atoms with E-state index < -0.39 is 0 Å². The van der Waals surface area contributed by atoms with Gasteiger partial charge in [-0.05, 0) is 30.9 Å². The Balaban J connectivity index is 1.61. The molecule has 1 saturated carbocycles. The Hall–Kier alpha value is -2.37. The molecule has 0 unspecified atom stereocenters. The van der Waals surface area contributed by atoms with Gasteiger partial charge in [-0.2, -0.15) is 5.10 Å². The van der Waals surface area contributed by atoms with Gasteiger partial charge < -0.3 is 10.6 Å². The lowest BCUT2D eigenvalue weighted by Gasteiger charge is -2.24. The van der Waals surface area contributed by atoms with Gasteiger partial charge in [0.2, 0.25) is 0 Å². The number of aromatic nitrogens is 3. The van der Waals surface area contributed by atoms with Gasteiger partial charge in [0.05, 0.1) is 13.1 Å². The van der Waals surface area contributed by atoms with Crippen molar-refractivity contribution < 1.29 is 0 Å². The lowest BCUT2D eigenvalue weighted by molar-refractivity contribution is 0.410. The molecule has 1 aromatic heterocycles. The van der Waals surface area contributed by atoms with E-state index in [9.17, 15) is 0 Å². The smallest absolute Gasteiger partial charge is 0.191 e. The Morgan fingerprint density at radius 1 is 1.24 bits per heavy atom. The normalized spacial score (nSPS) is 16.0. The molecular weight excluding hydrogens is 312 g/mol. The zero-order chi connectivity index (χ0) is 17.3. The van der Waals surface area contributed by atoms with Crippen LogP contribution in [0.1, 0.15) is 50.2 Å². The Morgan fingerprint density at radius 3 is 2.84 bits per heavy atom. The van der Waals surface area contributed by atoms with E-state index in [1.807, 2.05) is 4.68 Å². The van der Waals surface area contributed by atoms with Crippen LogP contribution >= 0.6 is 0 Å². The summed E-state index contributed by atoms with van der Waals surface area (Å²) < 4.78 is 1.83. The van der Waals surface area contributed by atoms with Crippen molar-refractivity contribution in [2.75, 3.05) is 6.54 Å². The van der Waals surface area contributed by atoms with Gasteiger partial charge in [0.1, 0.15) is 12.7 Å². The molecule has 1 fully saturated rings. The number of aliphatic imine (C=N–C) groups is 1. The van der Waals surface area contributed by atoms with Gasteiger partial charge in [-0.1, -0.05) is 43.5 Å². The van der Waals surface area contributed by atoms with E-state index >= 15 is 0 Å². The molecule has 2 N–H and O–H groups in total. The van der Waals surface area contributed by atoms with Crippen molar-refractivity contribution in [2.24, 2.45) is 4.99 Å². The van der Waals surface area contributed by atoms with Gasteiger partial charge in [-0.25, -0.2) is 14.7 Å². The maximum atomic E-state index is 4.78. The van der Waals surface area contributed by atoms with E-state index in [-0.39, 0.29) is 0 Å². The minimum Gasteiger partial charge on any atom is -0.357 e.